The molecule has 0 radical (unpaired) electrons. The van der Waals surface area contributed by atoms with Gasteiger partial charge in [-0.2, -0.15) is 0 Å². The lowest BCUT2D eigenvalue weighted by molar-refractivity contribution is -0.539. The van der Waals surface area contributed by atoms with Gasteiger partial charge in [0.2, 0.25) is 5.84 Å². The average Bonchev–Trinajstić information content (AvgIpc) is 3.20. The molecular weight excluding hydrogens is 556 g/mol. The fourth-order valence-electron chi connectivity index (χ4n) is 6.36. The van der Waals surface area contributed by atoms with E-state index >= 15 is 0 Å². The van der Waals surface area contributed by atoms with E-state index in [1.165, 1.54) is 56.3 Å². The van der Waals surface area contributed by atoms with Gasteiger partial charge in [-0.15, -0.1) is 0 Å². The molecule has 0 bridgehead atoms. The molecule has 246 valence electrons. The molecule has 0 spiro atoms. The summed E-state index contributed by atoms with van der Waals surface area (Å²) in [6.45, 7) is 24.3. The normalized spacial score (nSPS) is 17.0. The summed E-state index contributed by atoms with van der Waals surface area (Å²) in [5.41, 5.74) is 5.19. The van der Waals surface area contributed by atoms with Crippen LogP contribution in [0.4, 0.5) is 0 Å². The van der Waals surface area contributed by atoms with E-state index in [4.69, 9.17) is 9.98 Å². The van der Waals surface area contributed by atoms with Crippen LogP contribution in [-0.4, -0.2) is 76.2 Å². The van der Waals surface area contributed by atoms with Gasteiger partial charge in [0.1, 0.15) is 11.5 Å². The summed E-state index contributed by atoms with van der Waals surface area (Å²) in [7, 11) is 0. The molecule has 0 atom stereocenters. The molecule has 2 aliphatic rings. The van der Waals surface area contributed by atoms with Gasteiger partial charge in [0.25, 0.3) is 0 Å². The quantitative estimate of drug-likeness (QED) is 0.222. The van der Waals surface area contributed by atoms with Gasteiger partial charge >= 0.3 is 0 Å². The van der Waals surface area contributed by atoms with Crippen molar-refractivity contribution in [3.8, 4) is 11.5 Å². The van der Waals surface area contributed by atoms with Crippen LogP contribution >= 0.6 is 0 Å². The van der Waals surface area contributed by atoms with Crippen LogP contribution in [-0.2, 0) is 17.3 Å². The maximum Gasteiger partial charge on any atom is 0.246 e. The Morgan fingerprint density at radius 2 is 1.44 bits per heavy atom. The number of aryl methyl sites for hydroxylation is 2. The van der Waals surface area contributed by atoms with Gasteiger partial charge in [-0.05, 0) is 98.1 Å². The van der Waals surface area contributed by atoms with Crippen LogP contribution in [0.5, 0.6) is 11.5 Å². The fourth-order valence-corrected chi connectivity index (χ4v) is 6.36. The topological polar surface area (TPSA) is 71.4 Å². The number of benzene rings is 2. The van der Waals surface area contributed by atoms with E-state index in [1.807, 2.05) is 25.3 Å². The van der Waals surface area contributed by atoms with Gasteiger partial charge in [0.15, 0.2) is 0 Å². The Bertz CT molecular complexity index is 1440. The van der Waals surface area contributed by atoms with Crippen molar-refractivity contribution in [2.45, 2.75) is 124 Å². The zero-order chi connectivity index (χ0) is 33.0. The number of rotatable bonds is 9. The Labute approximate surface area is 273 Å². The number of phenolic OH excluding ortho intramolecular Hbond substituents is 2. The van der Waals surface area contributed by atoms with Gasteiger partial charge in [-0.1, -0.05) is 53.7 Å². The number of hydrogen-bond donors (Lipinski definition) is 2. The van der Waals surface area contributed by atoms with Crippen LogP contribution < -0.4 is 0 Å². The van der Waals surface area contributed by atoms with Crippen molar-refractivity contribution in [1.82, 2.24) is 4.90 Å². The Morgan fingerprint density at radius 1 is 0.800 bits per heavy atom. The number of hydrogen-bond acceptors (Lipinski definition) is 5. The Hall–Kier alpha value is -3.15. The molecule has 0 fully saturated rings. The summed E-state index contributed by atoms with van der Waals surface area (Å²) >= 11 is 0. The van der Waals surface area contributed by atoms with Gasteiger partial charge in [0.05, 0.1) is 38.3 Å². The van der Waals surface area contributed by atoms with Crippen LogP contribution in [0.1, 0.15) is 127 Å². The van der Waals surface area contributed by atoms with Crippen molar-refractivity contribution in [2.24, 2.45) is 9.98 Å². The molecular formula is C39H59N4O2+. The minimum Gasteiger partial charge on any atom is -0.507 e. The van der Waals surface area contributed by atoms with E-state index in [9.17, 15) is 10.2 Å². The van der Waals surface area contributed by atoms with Crippen LogP contribution in [0.15, 0.2) is 34.3 Å². The largest absolute Gasteiger partial charge is 0.507 e. The lowest BCUT2D eigenvalue weighted by atomic mass is 9.84. The average molecular weight is 616 g/mol. The van der Waals surface area contributed by atoms with E-state index in [0.717, 1.165) is 48.2 Å². The predicted octanol–water partition coefficient (Wildman–Crippen LogP) is 7.94. The van der Waals surface area contributed by atoms with Crippen molar-refractivity contribution in [3.05, 3.63) is 57.6 Å². The molecule has 0 amide bonds. The molecule has 4 rings (SSSR count). The second kappa shape index (κ2) is 14.1. The van der Waals surface area contributed by atoms with Crippen molar-refractivity contribution < 1.29 is 14.8 Å². The molecule has 2 aromatic rings. The van der Waals surface area contributed by atoms with Crippen LogP contribution in [0.25, 0.3) is 0 Å². The smallest absolute Gasteiger partial charge is 0.246 e. The predicted molar refractivity (Wildman–Crippen MR) is 190 cm³/mol. The third-order valence-corrected chi connectivity index (χ3v) is 9.33. The molecule has 6 nitrogen and oxygen atoms in total. The van der Waals surface area contributed by atoms with Crippen LogP contribution in [0.3, 0.4) is 0 Å². The minimum absolute atomic E-state index is 0.0183. The molecule has 0 saturated carbocycles. The molecule has 0 aliphatic carbocycles. The highest BCUT2D eigenvalue weighted by atomic mass is 16.3. The van der Waals surface area contributed by atoms with Crippen LogP contribution in [0, 0.1) is 6.92 Å². The van der Waals surface area contributed by atoms with Crippen molar-refractivity contribution in [3.63, 3.8) is 0 Å². The summed E-state index contributed by atoms with van der Waals surface area (Å²) in [5, 5.41) is 22.1. The standard InChI is InChI=1S/C39H58N4O2/c1-28-21-32(37(2,3)4)23-30(35(28)44)25-40-27-39(8,9)41-26-31-24-33(38(5,6)7)22-29(36(31)45)15-13-18-43-20-14-19-42-17-12-10-11-16-34(42)43/h21-26H,10-20,27H2,1-9H3,(H-,40,41,44,45)/p+1. The molecule has 6 heteroatoms. The van der Waals surface area contributed by atoms with Crippen molar-refractivity contribution in [2.75, 3.05) is 32.7 Å². The number of aromatic hydroxyl groups is 2. The second-order valence-electron chi connectivity index (χ2n) is 16.0. The molecule has 2 aromatic carbocycles. The van der Waals surface area contributed by atoms with E-state index in [-0.39, 0.29) is 16.6 Å². The Morgan fingerprint density at radius 3 is 2.13 bits per heavy atom. The lowest BCUT2D eigenvalue weighted by Gasteiger charge is -2.26. The van der Waals surface area contributed by atoms with Crippen molar-refractivity contribution in [1.29, 1.82) is 0 Å². The summed E-state index contributed by atoms with van der Waals surface area (Å²) < 4.78 is 2.63. The molecule has 0 saturated heterocycles. The molecule has 2 N–H and O–H groups in total. The molecule has 2 aliphatic heterocycles. The van der Waals surface area contributed by atoms with E-state index < -0.39 is 5.54 Å². The first-order chi connectivity index (χ1) is 21.0. The van der Waals surface area contributed by atoms with Gasteiger partial charge in [0, 0.05) is 36.4 Å². The van der Waals surface area contributed by atoms with E-state index in [1.54, 1.807) is 12.1 Å². The number of phenols is 2. The SMILES string of the molecule is Cc1cc(C(C)(C)C)cc(C=NCC(C)(C)N=Cc2cc(C(C)(C)C)cc(CCCN3CCC[N+]4=C3CCCCC4)c2O)c1O. The van der Waals surface area contributed by atoms with E-state index in [0.29, 0.717) is 12.3 Å². The first-order valence-corrected chi connectivity index (χ1v) is 17.2. The monoisotopic (exact) mass is 615 g/mol. The highest BCUT2D eigenvalue weighted by molar-refractivity contribution is 5.86. The number of aliphatic imine (C=N–C) groups is 2. The second-order valence-corrected chi connectivity index (χ2v) is 16.0. The highest BCUT2D eigenvalue weighted by Crippen LogP contribution is 2.32. The third kappa shape index (κ3) is 9.20. The maximum absolute atomic E-state index is 11.4. The third-order valence-electron chi connectivity index (χ3n) is 9.33. The van der Waals surface area contributed by atoms with Crippen LogP contribution in [0.2, 0.25) is 0 Å². The van der Waals surface area contributed by atoms with Crippen molar-refractivity contribution >= 4 is 18.3 Å². The Kier molecular flexibility index (Phi) is 10.9. The summed E-state index contributed by atoms with van der Waals surface area (Å²) in [6.07, 6.45) is 11.8. The number of amidine groups is 1. The first-order valence-electron chi connectivity index (χ1n) is 17.2. The zero-order valence-electron chi connectivity index (χ0n) is 29.6. The summed E-state index contributed by atoms with van der Waals surface area (Å²) in [5.74, 6) is 2.17. The Balaban J connectivity index is 1.49. The number of nitrogens with zero attached hydrogens (tertiary/aromatic N) is 4. The maximum atomic E-state index is 11.4. The fraction of sp³-hybridized carbons (Fsp3) is 0.615. The van der Waals surface area contributed by atoms with Gasteiger partial charge < -0.3 is 10.2 Å². The molecule has 0 unspecified atom stereocenters. The summed E-state index contributed by atoms with van der Waals surface area (Å²) in [6, 6.07) is 8.36. The summed E-state index contributed by atoms with van der Waals surface area (Å²) in [4.78, 5) is 12.2. The zero-order valence-corrected chi connectivity index (χ0v) is 29.6. The molecule has 0 aromatic heterocycles. The first kappa shape index (κ1) is 34.7. The molecule has 45 heavy (non-hydrogen) atoms. The van der Waals surface area contributed by atoms with Gasteiger partial charge in [-0.3, -0.25) is 19.5 Å². The molecule has 2 heterocycles. The van der Waals surface area contributed by atoms with E-state index in [2.05, 4.69) is 77.0 Å². The lowest BCUT2D eigenvalue weighted by Crippen LogP contribution is -2.44. The minimum atomic E-state index is -0.483. The highest BCUT2D eigenvalue weighted by Gasteiger charge is 2.28. The van der Waals surface area contributed by atoms with Gasteiger partial charge in [-0.25, -0.2) is 0 Å².